The number of aryl methyl sites for hydroxylation is 2. The first-order chi connectivity index (χ1) is 15.8. The summed E-state index contributed by atoms with van der Waals surface area (Å²) in [4.78, 5) is 4.22. The minimum absolute atomic E-state index is 0.751. The van der Waals surface area contributed by atoms with E-state index in [1.54, 1.807) is 0 Å². The predicted octanol–water partition coefficient (Wildman–Crippen LogP) is 6.08. The van der Waals surface area contributed by atoms with Gasteiger partial charge in [-0.05, 0) is 91.4 Å². The Hall–Kier alpha value is -4.12. The number of hydrogen-bond donors (Lipinski definition) is 2. The Bertz CT molecular complexity index is 1330. The van der Waals surface area contributed by atoms with Gasteiger partial charge in [0.1, 0.15) is 0 Å². The molecular formula is C28H31N5. The molecule has 0 unspecified atom stereocenters. The summed E-state index contributed by atoms with van der Waals surface area (Å²) in [6.45, 7) is 6.41. The van der Waals surface area contributed by atoms with Gasteiger partial charge >= 0.3 is 0 Å². The van der Waals surface area contributed by atoms with Crippen molar-refractivity contribution in [3.05, 3.63) is 96.3 Å². The maximum Gasteiger partial charge on any atom is 0.0486 e. The molecule has 0 aliphatic rings. The zero-order valence-electron chi connectivity index (χ0n) is 19.7. The quantitative estimate of drug-likeness (QED) is 0.283. The number of benzene rings is 3. The third-order valence-corrected chi connectivity index (χ3v) is 6.30. The van der Waals surface area contributed by atoms with Gasteiger partial charge in [-0.25, -0.2) is 0 Å². The molecule has 0 saturated heterocycles. The second-order valence-corrected chi connectivity index (χ2v) is 8.40. The Balaban J connectivity index is 1.62. The van der Waals surface area contributed by atoms with Crippen LogP contribution in [-0.4, -0.2) is 18.7 Å². The zero-order valence-corrected chi connectivity index (χ0v) is 19.7. The van der Waals surface area contributed by atoms with E-state index in [1.807, 2.05) is 60.5 Å². The van der Waals surface area contributed by atoms with Crippen molar-refractivity contribution in [2.75, 3.05) is 35.4 Å². The summed E-state index contributed by atoms with van der Waals surface area (Å²) in [6, 6.07) is 22.3. The number of nitrogen functional groups attached to an aromatic ring is 2. The van der Waals surface area contributed by atoms with E-state index in [-0.39, 0.29) is 0 Å². The van der Waals surface area contributed by atoms with Crippen molar-refractivity contribution in [2.24, 2.45) is 7.05 Å². The van der Waals surface area contributed by atoms with Gasteiger partial charge < -0.3 is 25.8 Å². The van der Waals surface area contributed by atoms with Crippen LogP contribution in [0.3, 0.4) is 0 Å². The highest BCUT2D eigenvalue weighted by molar-refractivity contribution is 5.91. The third-order valence-electron chi connectivity index (χ3n) is 6.30. The number of aromatic nitrogens is 1. The van der Waals surface area contributed by atoms with E-state index in [0.717, 1.165) is 39.8 Å². The second kappa shape index (κ2) is 8.79. The van der Waals surface area contributed by atoms with Crippen molar-refractivity contribution in [1.82, 2.24) is 4.57 Å². The fourth-order valence-electron chi connectivity index (χ4n) is 4.08. The first-order valence-electron chi connectivity index (χ1n) is 10.9. The molecule has 0 radical (unpaired) electrons. The van der Waals surface area contributed by atoms with Crippen LogP contribution in [0, 0.1) is 6.92 Å². The lowest BCUT2D eigenvalue weighted by Crippen LogP contribution is -2.13. The molecule has 1 aromatic heterocycles. The molecule has 168 valence electrons. The number of nitrogens with zero attached hydrogens (tertiary/aromatic N) is 3. The summed E-state index contributed by atoms with van der Waals surface area (Å²) in [7, 11) is 6.18. The summed E-state index contributed by atoms with van der Waals surface area (Å²) in [5.74, 6) is 0. The van der Waals surface area contributed by atoms with Gasteiger partial charge in [-0.2, -0.15) is 0 Å². The standard InChI is InChI=1S/C28H31N5/c1-19(31(3)23-11-7-21(29)8-12-23)6-16-27-20(2)26-18-25(15-17-28(26)33(27)5)32(4)24-13-9-22(30)10-14-24/h6-18H,1,29-30H2,2-5H3/b16-6-. The van der Waals surface area contributed by atoms with Crippen LogP contribution < -0.4 is 21.3 Å². The minimum atomic E-state index is 0.751. The van der Waals surface area contributed by atoms with Crippen molar-refractivity contribution in [2.45, 2.75) is 6.92 Å². The molecule has 0 bridgehead atoms. The molecule has 0 fully saturated rings. The van der Waals surface area contributed by atoms with Crippen LogP contribution in [0.5, 0.6) is 0 Å². The predicted molar refractivity (Wildman–Crippen MR) is 144 cm³/mol. The lowest BCUT2D eigenvalue weighted by molar-refractivity contribution is 0.948. The van der Waals surface area contributed by atoms with Crippen LogP contribution in [0.4, 0.5) is 28.4 Å². The summed E-state index contributed by atoms with van der Waals surface area (Å²) in [5, 5.41) is 1.23. The first-order valence-corrected chi connectivity index (χ1v) is 10.9. The number of likely N-dealkylation sites (N-methyl/N-ethyl adjacent to an activating group) is 1. The van der Waals surface area contributed by atoms with Gasteiger partial charge in [0.05, 0.1) is 0 Å². The average Bonchev–Trinajstić information content (AvgIpc) is 3.06. The lowest BCUT2D eigenvalue weighted by Gasteiger charge is -2.20. The fraction of sp³-hybridized carbons (Fsp3) is 0.143. The molecule has 4 N–H and O–H groups in total. The minimum Gasteiger partial charge on any atom is -0.399 e. The highest BCUT2D eigenvalue weighted by atomic mass is 15.1. The van der Waals surface area contributed by atoms with E-state index in [1.165, 1.54) is 16.5 Å². The van der Waals surface area contributed by atoms with Crippen molar-refractivity contribution in [3.8, 4) is 0 Å². The summed E-state index contributed by atoms with van der Waals surface area (Å²) in [5.41, 5.74) is 20.9. The molecule has 4 rings (SSSR count). The Morgan fingerprint density at radius 3 is 2.00 bits per heavy atom. The lowest BCUT2D eigenvalue weighted by atomic mass is 10.1. The molecule has 5 heteroatoms. The monoisotopic (exact) mass is 437 g/mol. The largest absolute Gasteiger partial charge is 0.399 e. The highest BCUT2D eigenvalue weighted by Gasteiger charge is 2.13. The van der Waals surface area contributed by atoms with Crippen molar-refractivity contribution in [1.29, 1.82) is 0 Å². The van der Waals surface area contributed by atoms with Gasteiger partial charge in [-0.15, -0.1) is 0 Å². The molecule has 0 spiro atoms. The third kappa shape index (κ3) is 4.30. The van der Waals surface area contributed by atoms with E-state index in [2.05, 4.69) is 67.4 Å². The van der Waals surface area contributed by atoms with Gasteiger partial charge in [0.15, 0.2) is 0 Å². The van der Waals surface area contributed by atoms with Gasteiger partial charge in [-0.3, -0.25) is 0 Å². The molecule has 5 nitrogen and oxygen atoms in total. The molecule has 1 heterocycles. The van der Waals surface area contributed by atoms with Crippen molar-refractivity contribution < 1.29 is 0 Å². The molecule has 33 heavy (non-hydrogen) atoms. The molecule has 3 aromatic carbocycles. The number of allylic oxidation sites excluding steroid dienone is 1. The topological polar surface area (TPSA) is 63.5 Å². The molecule has 0 saturated carbocycles. The molecule has 0 amide bonds. The maximum atomic E-state index is 5.84. The second-order valence-electron chi connectivity index (χ2n) is 8.40. The number of anilines is 5. The Labute approximate surface area is 195 Å². The number of fused-ring (bicyclic) bond motifs is 1. The zero-order chi connectivity index (χ0) is 23.7. The molecular weight excluding hydrogens is 406 g/mol. The summed E-state index contributed by atoms with van der Waals surface area (Å²) < 4.78 is 2.23. The Morgan fingerprint density at radius 1 is 0.848 bits per heavy atom. The summed E-state index contributed by atoms with van der Waals surface area (Å²) >= 11 is 0. The molecule has 4 aromatic rings. The number of hydrogen-bond acceptors (Lipinski definition) is 4. The van der Waals surface area contributed by atoms with Gasteiger partial charge in [0.25, 0.3) is 0 Å². The highest BCUT2D eigenvalue weighted by Crippen LogP contribution is 2.32. The van der Waals surface area contributed by atoms with Gasteiger partial charge in [0.2, 0.25) is 0 Å². The average molecular weight is 438 g/mol. The van der Waals surface area contributed by atoms with E-state index >= 15 is 0 Å². The van der Waals surface area contributed by atoms with E-state index in [4.69, 9.17) is 11.5 Å². The molecule has 0 aliphatic heterocycles. The summed E-state index contributed by atoms with van der Waals surface area (Å²) in [6.07, 6.45) is 4.19. The molecule has 0 atom stereocenters. The SMILES string of the molecule is C=C(/C=C\c1c(C)c2cc(N(C)c3ccc(N)cc3)ccc2n1C)N(C)c1ccc(N)cc1. The fourth-order valence-corrected chi connectivity index (χ4v) is 4.08. The van der Waals surface area contributed by atoms with Crippen LogP contribution in [0.25, 0.3) is 17.0 Å². The normalized spacial score (nSPS) is 11.3. The van der Waals surface area contributed by atoms with Crippen LogP contribution in [0.2, 0.25) is 0 Å². The first kappa shape index (κ1) is 22.1. The van der Waals surface area contributed by atoms with Crippen LogP contribution >= 0.6 is 0 Å². The van der Waals surface area contributed by atoms with Crippen molar-refractivity contribution >= 4 is 45.4 Å². The van der Waals surface area contributed by atoms with Gasteiger partial charge in [-0.1, -0.05) is 6.58 Å². The van der Waals surface area contributed by atoms with Crippen LogP contribution in [0.1, 0.15) is 11.3 Å². The van der Waals surface area contributed by atoms with E-state index in [0.29, 0.717) is 0 Å². The number of rotatable bonds is 6. The maximum absolute atomic E-state index is 5.84. The van der Waals surface area contributed by atoms with Crippen molar-refractivity contribution in [3.63, 3.8) is 0 Å². The van der Waals surface area contributed by atoms with E-state index in [9.17, 15) is 0 Å². The van der Waals surface area contributed by atoms with Gasteiger partial charge in [0, 0.05) is 71.9 Å². The number of nitrogens with two attached hydrogens (primary N) is 2. The Morgan fingerprint density at radius 2 is 1.39 bits per heavy atom. The van der Waals surface area contributed by atoms with Crippen LogP contribution in [0.15, 0.2) is 85.1 Å². The van der Waals surface area contributed by atoms with E-state index < -0.39 is 0 Å². The Kier molecular flexibility index (Phi) is 5.88. The van der Waals surface area contributed by atoms with Crippen LogP contribution in [-0.2, 0) is 7.05 Å². The molecule has 0 aliphatic carbocycles. The smallest absolute Gasteiger partial charge is 0.0486 e.